The first-order valence-electron chi connectivity index (χ1n) is 9.58. The molecule has 2 atom stereocenters. The molecule has 4 rings (SSSR count). The minimum atomic E-state index is -4.41. The monoisotopic (exact) mass is 420 g/mol. The zero-order valence-corrected chi connectivity index (χ0v) is 15.9. The van der Waals surface area contributed by atoms with Gasteiger partial charge in [0.05, 0.1) is 23.6 Å². The average molecular weight is 420 g/mol. The number of aromatic nitrogens is 4. The Balaban J connectivity index is 1.42. The fourth-order valence-electron chi connectivity index (χ4n) is 3.69. The summed E-state index contributed by atoms with van der Waals surface area (Å²) in [5.74, 6) is 0.0478. The minimum Gasteiger partial charge on any atom is -0.366 e. The molecule has 10 heteroatoms. The van der Waals surface area contributed by atoms with Crippen LogP contribution < -0.4 is 10.6 Å². The van der Waals surface area contributed by atoms with Crippen LogP contribution in [0.1, 0.15) is 30.4 Å². The van der Waals surface area contributed by atoms with E-state index in [1.165, 1.54) is 23.0 Å². The predicted molar refractivity (Wildman–Crippen MR) is 102 cm³/mol. The van der Waals surface area contributed by atoms with Crippen LogP contribution in [0.25, 0.3) is 5.69 Å². The fraction of sp³-hybridized carbons (Fsp3) is 0.350. The molecule has 2 heterocycles. The lowest BCUT2D eigenvalue weighted by molar-refractivity contribution is -0.137. The van der Waals surface area contributed by atoms with Gasteiger partial charge in [-0.15, -0.1) is 0 Å². The molecule has 1 aromatic carbocycles. The third-order valence-electron chi connectivity index (χ3n) is 5.17. The molecule has 0 spiro atoms. The first kappa shape index (κ1) is 20.3. The summed E-state index contributed by atoms with van der Waals surface area (Å²) in [4.78, 5) is 5.33. The Bertz CT molecular complexity index is 972. The van der Waals surface area contributed by atoms with E-state index in [9.17, 15) is 17.6 Å². The molecule has 1 aliphatic rings. The second-order valence-electron chi connectivity index (χ2n) is 7.19. The smallest absolute Gasteiger partial charge is 0.366 e. The Kier molecular flexibility index (Phi) is 5.67. The van der Waals surface area contributed by atoms with Gasteiger partial charge < -0.3 is 10.6 Å². The van der Waals surface area contributed by atoms with Crippen LogP contribution in [-0.2, 0) is 12.7 Å². The molecule has 1 aliphatic carbocycles. The van der Waals surface area contributed by atoms with E-state index >= 15 is 0 Å². The highest BCUT2D eigenvalue weighted by atomic mass is 19.4. The maximum Gasteiger partial charge on any atom is 0.417 e. The van der Waals surface area contributed by atoms with Gasteiger partial charge in [-0.2, -0.15) is 28.2 Å². The summed E-state index contributed by atoms with van der Waals surface area (Å²) in [6.07, 6.45) is 2.24. The van der Waals surface area contributed by atoms with Crippen molar-refractivity contribution in [1.82, 2.24) is 25.3 Å². The second-order valence-corrected chi connectivity index (χ2v) is 7.19. The number of nitrogens with zero attached hydrogens (tertiary/aromatic N) is 4. The predicted octanol–water partition coefficient (Wildman–Crippen LogP) is 3.94. The number of nitrogens with one attached hydrogen (secondary N) is 2. The van der Waals surface area contributed by atoms with Crippen LogP contribution in [0.5, 0.6) is 0 Å². The number of hydrogen-bond acceptors (Lipinski definition) is 5. The molecule has 2 N–H and O–H groups in total. The minimum absolute atomic E-state index is 0.00840. The molecule has 30 heavy (non-hydrogen) atoms. The van der Waals surface area contributed by atoms with Gasteiger partial charge in [0, 0.05) is 24.8 Å². The van der Waals surface area contributed by atoms with Crippen LogP contribution in [0.2, 0.25) is 0 Å². The van der Waals surface area contributed by atoms with Crippen molar-refractivity contribution in [3.8, 4) is 5.69 Å². The molecule has 0 aliphatic heterocycles. The van der Waals surface area contributed by atoms with Crippen molar-refractivity contribution < 1.29 is 17.6 Å². The highest BCUT2D eigenvalue weighted by Crippen LogP contribution is 2.29. The lowest BCUT2D eigenvalue weighted by Crippen LogP contribution is -2.40. The van der Waals surface area contributed by atoms with Gasteiger partial charge in [-0.05, 0) is 55.2 Å². The van der Waals surface area contributed by atoms with Crippen LogP contribution in [-0.4, -0.2) is 32.1 Å². The Hall–Kier alpha value is -3.01. The molecule has 158 valence electrons. The van der Waals surface area contributed by atoms with Gasteiger partial charge >= 0.3 is 6.18 Å². The summed E-state index contributed by atoms with van der Waals surface area (Å²) in [5, 5.41) is 14.9. The van der Waals surface area contributed by atoms with Crippen molar-refractivity contribution in [2.75, 3.05) is 5.32 Å². The first-order valence-corrected chi connectivity index (χ1v) is 9.58. The lowest BCUT2D eigenvalue weighted by atomic mass is 10.1. The molecule has 0 bridgehead atoms. The largest absolute Gasteiger partial charge is 0.417 e. The van der Waals surface area contributed by atoms with Crippen LogP contribution in [0.4, 0.5) is 23.4 Å². The standard InChI is InChI=1S/C20H20F4N6/c21-15-5-6-18(30-27-8-9-28-30)13(10-15)11-25-16-2-1-3-17(16)29-19-7-4-14(12-26-19)20(22,23)24/h4-10,12,16-17,25H,1-3,11H2,(H,26,29)/t16-,17+/m1/s1. The van der Waals surface area contributed by atoms with E-state index in [0.29, 0.717) is 23.6 Å². The van der Waals surface area contributed by atoms with E-state index in [1.807, 2.05) is 0 Å². The third-order valence-corrected chi connectivity index (χ3v) is 5.17. The Morgan fingerprint density at radius 3 is 2.50 bits per heavy atom. The molecule has 1 saturated carbocycles. The van der Waals surface area contributed by atoms with E-state index in [1.54, 1.807) is 18.5 Å². The number of pyridine rings is 1. The number of alkyl halides is 3. The number of rotatable bonds is 6. The van der Waals surface area contributed by atoms with Crippen LogP contribution >= 0.6 is 0 Å². The van der Waals surface area contributed by atoms with Gasteiger partial charge in [-0.1, -0.05) is 0 Å². The quantitative estimate of drug-likeness (QED) is 0.592. The molecule has 0 amide bonds. The number of halogens is 4. The SMILES string of the molecule is Fc1ccc(-n2nccn2)c(CN[C@@H]2CCC[C@@H]2Nc2ccc(C(F)(F)F)cn2)c1. The normalized spacial score (nSPS) is 19.2. The number of benzene rings is 1. The summed E-state index contributed by atoms with van der Waals surface area (Å²) in [6.45, 7) is 0.401. The Morgan fingerprint density at radius 1 is 1.03 bits per heavy atom. The second kappa shape index (κ2) is 8.39. The number of hydrogen-bond donors (Lipinski definition) is 2. The first-order chi connectivity index (χ1) is 14.4. The Labute approximate surface area is 170 Å². The zero-order valence-electron chi connectivity index (χ0n) is 15.9. The topological polar surface area (TPSA) is 67.7 Å². The fourth-order valence-corrected chi connectivity index (χ4v) is 3.69. The molecule has 0 unspecified atom stereocenters. The maximum atomic E-state index is 13.8. The molecular formula is C20H20F4N6. The summed E-state index contributed by atoms with van der Waals surface area (Å²) >= 11 is 0. The highest BCUT2D eigenvalue weighted by molar-refractivity contribution is 5.40. The summed E-state index contributed by atoms with van der Waals surface area (Å²) in [7, 11) is 0. The summed E-state index contributed by atoms with van der Waals surface area (Å²) < 4.78 is 51.9. The van der Waals surface area contributed by atoms with E-state index in [2.05, 4.69) is 25.8 Å². The third kappa shape index (κ3) is 4.59. The molecule has 3 aromatic rings. The molecular weight excluding hydrogens is 400 g/mol. The summed E-state index contributed by atoms with van der Waals surface area (Å²) in [6, 6.07) is 6.86. The molecule has 0 saturated heterocycles. The van der Waals surface area contributed by atoms with Gasteiger partial charge in [-0.3, -0.25) is 0 Å². The van der Waals surface area contributed by atoms with Gasteiger partial charge in [0.2, 0.25) is 0 Å². The maximum absolute atomic E-state index is 13.8. The van der Waals surface area contributed by atoms with Crippen molar-refractivity contribution in [1.29, 1.82) is 0 Å². The highest BCUT2D eigenvalue weighted by Gasteiger charge is 2.31. The van der Waals surface area contributed by atoms with Gasteiger partial charge in [0.15, 0.2) is 0 Å². The lowest BCUT2D eigenvalue weighted by Gasteiger charge is -2.23. The Morgan fingerprint density at radius 2 is 1.80 bits per heavy atom. The van der Waals surface area contributed by atoms with Crippen LogP contribution in [0.15, 0.2) is 48.9 Å². The van der Waals surface area contributed by atoms with Gasteiger partial charge in [0.25, 0.3) is 0 Å². The van der Waals surface area contributed by atoms with Crippen LogP contribution in [0, 0.1) is 5.82 Å². The summed E-state index contributed by atoms with van der Waals surface area (Å²) in [5.41, 5.74) is 0.616. The van der Waals surface area contributed by atoms with Crippen molar-refractivity contribution in [2.24, 2.45) is 0 Å². The van der Waals surface area contributed by atoms with Crippen LogP contribution in [0.3, 0.4) is 0 Å². The molecule has 0 radical (unpaired) electrons. The van der Waals surface area contributed by atoms with E-state index in [4.69, 9.17) is 0 Å². The van der Waals surface area contributed by atoms with Gasteiger partial charge in [0.1, 0.15) is 11.6 Å². The molecule has 2 aromatic heterocycles. The molecule has 6 nitrogen and oxygen atoms in total. The van der Waals surface area contributed by atoms with Gasteiger partial charge in [-0.25, -0.2) is 9.37 Å². The van der Waals surface area contributed by atoms with E-state index < -0.39 is 11.7 Å². The zero-order chi connectivity index (χ0) is 21.1. The van der Waals surface area contributed by atoms with E-state index in [0.717, 1.165) is 31.5 Å². The van der Waals surface area contributed by atoms with Crippen molar-refractivity contribution in [3.63, 3.8) is 0 Å². The van der Waals surface area contributed by atoms with E-state index in [-0.39, 0.29) is 17.9 Å². The average Bonchev–Trinajstić information content (AvgIpc) is 3.38. The number of anilines is 1. The van der Waals surface area contributed by atoms with Crippen molar-refractivity contribution in [2.45, 2.75) is 44.1 Å². The van der Waals surface area contributed by atoms with Crippen molar-refractivity contribution in [3.05, 3.63) is 65.9 Å². The molecule has 1 fully saturated rings. The van der Waals surface area contributed by atoms with Crippen molar-refractivity contribution >= 4 is 5.82 Å².